The monoisotopic (exact) mass is 295 g/mol. The van der Waals surface area contributed by atoms with Gasteiger partial charge in [-0.05, 0) is 12.3 Å². The molecule has 0 aliphatic carbocycles. The fourth-order valence-corrected chi connectivity index (χ4v) is 1.81. The Balaban J connectivity index is 2.20. The normalized spacial score (nSPS) is 17.5. The Hall–Kier alpha value is -1.67. The van der Waals surface area contributed by atoms with Crippen LogP contribution in [-0.4, -0.2) is 47.3 Å². The zero-order valence-electron chi connectivity index (χ0n) is 13.2. The maximum absolute atomic E-state index is 5.46. The van der Waals surface area contributed by atoms with Gasteiger partial charge < -0.3 is 15.0 Å². The van der Waals surface area contributed by atoms with Crippen LogP contribution < -0.4 is 21.5 Å². The minimum atomic E-state index is 0.0993. The third kappa shape index (κ3) is 4.15. The highest BCUT2D eigenvalue weighted by atomic mass is 16.5. The van der Waals surface area contributed by atoms with Crippen LogP contribution in [0.4, 0.5) is 17.8 Å². The van der Waals surface area contributed by atoms with Gasteiger partial charge >= 0.3 is 0 Å². The van der Waals surface area contributed by atoms with Gasteiger partial charge in [-0.3, -0.25) is 5.43 Å². The van der Waals surface area contributed by atoms with Crippen molar-refractivity contribution in [1.82, 2.24) is 15.0 Å². The second kappa shape index (κ2) is 6.40. The van der Waals surface area contributed by atoms with Gasteiger partial charge in [0.15, 0.2) is 0 Å². The van der Waals surface area contributed by atoms with E-state index in [9.17, 15) is 0 Å². The number of hydrogen-bond acceptors (Lipinski definition) is 8. The molecule has 21 heavy (non-hydrogen) atoms. The Morgan fingerprint density at radius 3 is 2.33 bits per heavy atom. The number of hydrazine groups is 1. The number of hydrogen-bond donors (Lipinski definition) is 3. The van der Waals surface area contributed by atoms with Gasteiger partial charge in [-0.1, -0.05) is 20.8 Å². The van der Waals surface area contributed by atoms with Gasteiger partial charge in [0.25, 0.3) is 0 Å². The van der Waals surface area contributed by atoms with Crippen LogP contribution in [0.3, 0.4) is 0 Å². The smallest absolute Gasteiger partial charge is 0.243 e. The molecule has 0 spiro atoms. The highest BCUT2D eigenvalue weighted by molar-refractivity contribution is 5.44. The molecule has 0 saturated carbocycles. The number of rotatable bonds is 4. The molecular formula is C13H25N7O. The highest BCUT2D eigenvalue weighted by Crippen LogP contribution is 2.22. The van der Waals surface area contributed by atoms with E-state index in [1.54, 1.807) is 0 Å². The van der Waals surface area contributed by atoms with Crippen LogP contribution in [0.1, 0.15) is 27.7 Å². The summed E-state index contributed by atoms with van der Waals surface area (Å²) in [5.41, 5.74) is 2.60. The van der Waals surface area contributed by atoms with Crippen LogP contribution in [0.25, 0.3) is 0 Å². The summed E-state index contributed by atoms with van der Waals surface area (Å²) in [5.74, 6) is 6.96. The topological polar surface area (TPSA) is 101 Å². The Morgan fingerprint density at radius 2 is 1.76 bits per heavy atom. The van der Waals surface area contributed by atoms with Gasteiger partial charge in [0.2, 0.25) is 17.8 Å². The molecule has 0 radical (unpaired) electrons. The van der Waals surface area contributed by atoms with Crippen LogP contribution in [0.2, 0.25) is 0 Å². The van der Waals surface area contributed by atoms with Gasteiger partial charge in [0, 0.05) is 19.1 Å². The minimum Gasteiger partial charge on any atom is -0.378 e. The molecule has 1 aliphatic rings. The van der Waals surface area contributed by atoms with Crippen molar-refractivity contribution in [2.75, 3.05) is 41.9 Å². The lowest BCUT2D eigenvalue weighted by Crippen LogP contribution is -2.38. The van der Waals surface area contributed by atoms with Crippen molar-refractivity contribution >= 4 is 17.8 Å². The third-order valence-electron chi connectivity index (χ3n) is 3.69. The van der Waals surface area contributed by atoms with E-state index in [0.29, 0.717) is 31.1 Å². The highest BCUT2D eigenvalue weighted by Gasteiger charge is 2.22. The van der Waals surface area contributed by atoms with E-state index in [1.807, 2.05) is 0 Å². The molecule has 0 bridgehead atoms. The Bertz CT molecular complexity index is 468. The zero-order chi connectivity index (χ0) is 15.5. The molecule has 1 aromatic heterocycles. The van der Waals surface area contributed by atoms with Gasteiger partial charge in [0.05, 0.1) is 13.2 Å². The first kappa shape index (κ1) is 15.7. The van der Waals surface area contributed by atoms with Crippen LogP contribution in [0.15, 0.2) is 0 Å². The van der Waals surface area contributed by atoms with Gasteiger partial charge in [-0.15, -0.1) is 0 Å². The summed E-state index contributed by atoms with van der Waals surface area (Å²) >= 11 is 0. The molecular weight excluding hydrogens is 270 g/mol. The van der Waals surface area contributed by atoms with E-state index in [2.05, 4.69) is 58.3 Å². The van der Waals surface area contributed by atoms with Crippen molar-refractivity contribution in [1.29, 1.82) is 0 Å². The largest absolute Gasteiger partial charge is 0.378 e. The summed E-state index contributed by atoms with van der Waals surface area (Å²) in [5, 5.41) is 3.32. The SMILES string of the molecule is CC(Nc1nc(NN)nc(N2CCOCC2)n1)C(C)(C)C. The number of ether oxygens (including phenoxy) is 1. The number of nitrogens with zero attached hydrogens (tertiary/aromatic N) is 4. The first-order chi connectivity index (χ1) is 9.90. The molecule has 1 aliphatic heterocycles. The lowest BCUT2D eigenvalue weighted by atomic mass is 9.88. The van der Waals surface area contributed by atoms with E-state index in [4.69, 9.17) is 10.6 Å². The minimum absolute atomic E-state index is 0.0993. The Labute approximate surface area is 125 Å². The van der Waals surface area contributed by atoms with E-state index in [1.165, 1.54) is 0 Å². The van der Waals surface area contributed by atoms with Crippen LogP contribution >= 0.6 is 0 Å². The number of nitrogen functional groups attached to an aromatic ring is 1. The van der Waals surface area contributed by atoms with Crippen molar-refractivity contribution in [3.8, 4) is 0 Å². The van der Waals surface area contributed by atoms with E-state index in [-0.39, 0.29) is 11.5 Å². The average molecular weight is 295 g/mol. The lowest BCUT2D eigenvalue weighted by Gasteiger charge is -2.29. The number of aromatic nitrogens is 3. The van der Waals surface area contributed by atoms with Crippen molar-refractivity contribution in [3.05, 3.63) is 0 Å². The standard InChI is InChI=1S/C13H25N7O/c1-9(13(2,3)4)15-10-16-11(19-14)18-12(17-10)20-5-7-21-8-6-20/h9H,5-8,14H2,1-4H3,(H2,15,16,17,18,19). The van der Waals surface area contributed by atoms with Gasteiger partial charge in [-0.25, -0.2) is 5.84 Å². The summed E-state index contributed by atoms with van der Waals surface area (Å²) in [4.78, 5) is 15.2. The van der Waals surface area contributed by atoms with E-state index < -0.39 is 0 Å². The summed E-state index contributed by atoms with van der Waals surface area (Å²) < 4.78 is 5.35. The third-order valence-corrected chi connectivity index (χ3v) is 3.69. The predicted molar refractivity (Wildman–Crippen MR) is 83.2 cm³/mol. The maximum atomic E-state index is 5.46. The quantitative estimate of drug-likeness (QED) is 0.555. The van der Waals surface area contributed by atoms with Gasteiger partial charge in [0.1, 0.15) is 0 Å². The molecule has 0 aromatic carbocycles. The van der Waals surface area contributed by atoms with Crippen molar-refractivity contribution in [2.24, 2.45) is 11.3 Å². The summed E-state index contributed by atoms with van der Waals surface area (Å²) in [6, 6.07) is 0.211. The molecule has 1 atom stereocenters. The van der Waals surface area contributed by atoms with Crippen molar-refractivity contribution < 1.29 is 4.74 Å². The molecule has 1 fully saturated rings. The van der Waals surface area contributed by atoms with Crippen LogP contribution in [0.5, 0.6) is 0 Å². The van der Waals surface area contributed by atoms with Crippen LogP contribution in [0, 0.1) is 5.41 Å². The molecule has 8 heteroatoms. The molecule has 2 heterocycles. The number of nitrogens with two attached hydrogens (primary N) is 1. The summed E-state index contributed by atoms with van der Waals surface area (Å²) in [7, 11) is 0. The number of nitrogens with one attached hydrogen (secondary N) is 2. The molecule has 118 valence electrons. The molecule has 8 nitrogen and oxygen atoms in total. The predicted octanol–water partition coefficient (Wildman–Crippen LogP) is 0.840. The fourth-order valence-electron chi connectivity index (χ4n) is 1.81. The number of morpholine rings is 1. The Morgan fingerprint density at radius 1 is 1.14 bits per heavy atom. The van der Waals surface area contributed by atoms with Gasteiger partial charge in [-0.2, -0.15) is 15.0 Å². The fraction of sp³-hybridized carbons (Fsp3) is 0.769. The molecule has 2 rings (SSSR count). The van der Waals surface area contributed by atoms with E-state index in [0.717, 1.165) is 13.1 Å². The molecule has 1 saturated heterocycles. The maximum Gasteiger partial charge on any atom is 0.243 e. The molecule has 0 amide bonds. The zero-order valence-corrected chi connectivity index (χ0v) is 13.2. The number of anilines is 3. The first-order valence-corrected chi connectivity index (χ1v) is 7.22. The second-order valence-corrected chi connectivity index (χ2v) is 6.26. The average Bonchev–Trinajstić information content (AvgIpc) is 2.46. The molecule has 4 N–H and O–H groups in total. The van der Waals surface area contributed by atoms with Crippen LogP contribution in [-0.2, 0) is 4.74 Å². The molecule has 1 unspecified atom stereocenters. The molecule has 1 aromatic rings. The summed E-state index contributed by atoms with van der Waals surface area (Å²) in [6.45, 7) is 11.5. The summed E-state index contributed by atoms with van der Waals surface area (Å²) in [6.07, 6.45) is 0. The first-order valence-electron chi connectivity index (χ1n) is 7.22. The van der Waals surface area contributed by atoms with Crippen molar-refractivity contribution in [2.45, 2.75) is 33.7 Å². The van der Waals surface area contributed by atoms with Crippen molar-refractivity contribution in [3.63, 3.8) is 0 Å². The lowest BCUT2D eigenvalue weighted by molar-refractivity contribution is 0.122. The second-order valence-electron chi connectivity index (χ2n) is 6.26. The Kier molecular flexibility index (Phi) is 4.79. The van der Waals surface area contributed by atoms with E-state index >= 15 is 0 Å².